The average molecular weight is 259 g/mol. The van der Waals surface area contributed by atoms with Crippen LogP contribution in [0.25, 0.3) is 0 Å². The zero-order valence-corrected chi connectivity index (χ0v) is 12.0. The Morgan fingerprint density at radius 3 is 2.63 bits per heavy atom. The highest BCUT2D eigenvalue weighted by atomic mass is 15.4. The minimum atomic E-state index is 0.829. The average Bonchev–Trinajstić information content (AvgIpc) is 2.66. The monoisotopic (exact) mass is 259 g/mol. The molecule has 0 bridgehead atoms. The van der Waals surface area contributed by atoms with Crippen LogP contribution in [0.2, 0.25) is 0 Å². The molecular weight excluding hydrogens is 238 g/mol. The molecular formula is C14H21N5. The van der Waals surface area contributed by atoms with E-state index in [2.05, 4.69) is 34.3 Å². The van der Waals surface area contributed by atoms with Crippen molar-refractivity contribution in [2.24, 2.45) is 7.05 Å². The Labute approximate surface area is 114 Å². The van der Waals surface area contributed by atoms with Gasteiger partial charge in [0.2, 0.25) is 0 Å². The summed E-state index contributed by atoms with van der Waals surface area (Å²) in [6, 6.07) is 4.08. The molecule has 2 heterocycles. The zero-order chi connectivity index (χ0) is 13.8. The van der Waals surface area contributed by atoms with Crippen LogP contribution in [-0.2, 0) is 20.1 Å². The molecule has 2 rings (SSSR count). The van der Waals surface area contributed by atoms with Gasteiger partial charge >= 0.3 is 0 Å². The molecule has 5 nitrogen and oxygen atoms in total. The van der Waals surface area contributed by atoms with E-state index in [0.29, 0.717) is 0 Å². The maximum absolute atomic E-state index is 4.51. The van der Waals surface area contributed by atoms with Gasteiger partial charge in [0.1, 0.15) is 5.82 Å². The topological polar surface area (TPSA) is 46.0 Å². The number of anilines is 1. The normalized spacial score (nSPS) is 10.7. The van der Waals surface area contributed by atoms with Crippen molar-refractivity contribution in [2.45, 2.75) is 20.0 Å². The quantitative estimate of drug-likeness (QED) is 0.883. The minimum Gasteiger partial charge on any atom is -0.355 e. The van der Waals surface area contributed by atoms with E-state index in [0.717, 1.165) is 24.6 Å². The van der Waals surface area contributed by atoms with Crippen LogP contribution in [0.5, 0.6) is 0 Å². The van der Waals surface area contributed by atoms with Crippen molar-refractivity contribution in [3.05, 3.63) is 41.3 Å². The Kier molecular flexibility index (Phi) is 4.16. The molecule has 0 aliphatic heterocycles. The van der Waals surface area contributed by atoms with Crippen LogP contribution in [-0.4, -0.2) is 28.9 Å². The van der Waals surface area contributed by atoms with E-state index < -0.39 is 0 Å². The third-order valence-corrected chi connectivity index (χ3v) is 3.20. The van der Waals surface area contributed by atoms with Gasteiger partial charge in [0.25, 0.3) is 0 Å². The first-order valence-electron chi connectivity index (χ1n) is 6.40. The highest BCUT2D eigenvalue weighted by Crippen LogP contribution is 2.23. The van der Waals surface area contributed by atoms with Gasteiger partial charge < -0.3 is 10.2 Å². The van der Waals surface area contributed by atoms with Crippen LogP contribution in [0.4, 0.5) is 5.82 Å². The summed E-state index contributed by atoms with van der Waals surface area (Å²) in [5, 5.41) is 7.72. The molecule has 0 saturated heterocycles. The Hall–Kier alpha value is -1.88. The molecule has 19 heavy (non-hydrogen) atoms. The van der Waals surface area contributed by atoms with Crippen molar-refractivity contribution in [1.82, 2.24) is 20.1 Å². The number of pyridine rings is 1. The van der Waals surface area contributed by atoms with E-state index in [1.54, 1.807) is 0 Å². The van der Waals surface area contributed by atoms with Crippen molar-refractivity contribution in [3.63, 3.8) is 0 Å². The van der Waals surface area contributed by atoms with Gasteiger partial charge in [0.05, 0.1) is 5.69 Å². The molecule has 0 amide bonds. The molecule has 0 spiro atoms. The molecule has 0 unspecified atom stereocenters. The van der Waals surface area contributed by atoms with Crippen LogP contribution in [0.3, 0.4) is 0 Å². The molecule has 0 aromatic carbocycles. The molecule has 1 N–H and O–H groups in total. The molecule has 0 aliphatic carbocycles. The largest absolute Gasteiger partial charge is 0.355 e. The first-order valence-corrected chi connectivity index (χ1v) is 6.40. The summed E-state index contributed by atoms with van der Waals surface area (Å²) in [6.07, 6.45) is 3.65. The summed E-state index contributed by atoms with van der Waals surface area (Å²) in [5.41, 5.74) is 3.57. The third-order valence-electron chi connectivity index (χ3n) is 3.20. The summed E-state index contributed by atoms with van der Waals surface area (Å²) in [4.78, 5) is 6.27. The van der Waals surface area contributed by atoms with Crippen molar-refractivity contribution < 1.29 is 0 Å². The summed E-state index contributed by atoms with van der Waals surface area (Å²) in [5.74, 6) is 1.16. The fourth-order valence-corrected chi connectivity index (χ4v) is 2.39. The molecule has 0 radical (unpaired) electrons. The summed E-state index contributed by atoms with van der Waals surface area (Å²) < 4.78 is 1.95. The van der Waals surface area contributed by atoms with Gasteiger partial charge in [-0.15, -0.1) is 0 Å². The highest BCUT2D eigenvalue weighted by Gasteiger charge is 2.16. The van der Waals surface area contributed by atoms with Crippen LogP contribution in [0.1, 0.15) is 16.8 Å². The minimum absolute atomic E-state index is 0.829. The van der Waals surface area contributed by atoms with Gasteiger partial charge in [0, 0.05) is 45.1 Å². The maximum Gasteiger partial charge on any atom is 0.131 e. The lowest BCUT2D eigenvalue weighted by atomic mass is 10.2. The summed E-state index contributed by atoms with van der Waals surface area (Å²) in [6.45, 7) is 3.73. The predicted molar refractivity (Wildman–Crippen MR) is 77.1 cm³/mol. The van der Waals surface area contributed by atoms with Gasteiger partial charge in [-0.1, -0.05) is 0 Å². The summed E-state index contributed by atoms with van der Waals surface area (Å²) >= 11 is 0. The second-order valence-corrected chi connectivity index (χ2v) is 4.75. The molecule has 102 valence electrons. The van der Waals surface area contributed by atoms with Crippen molar-refractivity contribution in [3.8, 4) is 0 Å². The van der Waals surface area contributed by atoms with Crippen LogP contribution >= 0.6 is 0 Å². The number of nitrogens with zero attached hydrogens (tertiary/aromatic N) is 4. The zero-order valence-electron chi connectivity index (χ0n) is 12.0. The van der Waals surface area contributed by atoms with E-state index in [-0.39, 0.29) is 0 Å². The van der Waals surface area contributed by atoms with Crippen molar-refractivity contribution >= 4 is 5.82 Å². The lowest BCUT2D eigenvalue weighted by Crippen LogP contribution is -2.21. The highest BCUT2D eigenvalue weighted by molar-refractivity contribution is 5.50. The van der Waals surface area contributed by atoms with E-state index in [9.17, 15) is 0 Å². The van der Waals surface area contributed by atoms with Crippen LogP contribution < -0.4 is 10.2 Å². The number of aryl methyl sites for hydroxylation is 2. The van der Waals surface area contributed by atoms with Gasteiger partial charge in [-0.25, -0.2) is 0 Å². The molecule has 0 atom stereocenters. The SMILES string of the molecule is CNCc1c(C)nn(C)c1N(C)Cc1ccncc1. The lowest BCUT2D eigenvalue weighted by molar-refractivity contribution is 0.723. The van der Waals surface area contributed by atoms with Crippen LogP contribution in [0, 0.1) is 6.92 Å². The first kappa shape index (κ1) is 13.5. The van der Waals surface area contributed by atoms with Crippen molar-refractivity contribution in [2.75, 3.05) is 19.0 Å². The number of aromatic nitrogens is 3. The Morgan fingerprint density at radius 1 is 1.32 bits per heavy atom. The van der Waals surface area contributed by atoms with E-state index in [4.69, 9.17) is 0 Å². The molecule has 0 aliphatic rings. The van der Waals surface area contributed by atoms with E-state index in [1.807, 2.05) is 43.3 Å². The number of nitrogens with one attached hydrogen (secondary N) is 1. The first-order chi connectivity index (χ1) is 9.13. The van der Waals surface area contributed by atoms with Gasteiger partial charge in [-0.3, -0.25) is 9.67 Å². The Bertz CT molecular complexity index is 532. The predicted octanol–water partition coefficient (Wildman–Crippen LogP) is 1.48. The Morgan fingerprint density at radius 2 is 2.00 bits per heavy atom. The fraction of sp³-hybridized carbons (Fsp3) is 0.429. The van der Waals surface area contributed by atoms with Crippen molar-refractivity contribution in [1.29, 1.82) is 0 Å². The number of rotatable bonds is 5. The van der Waals surface area contributed by atoms with Crippen LogP contribution in [0.15, 0.2) is 24.5 Å². The molecule has 0 saturated carbocycles. The van der Waals surface area contributed by atoms with E-state index >= 15 is 0 Å². The molecule has 2 aromatic rings. The molecule has 2 aromatic heterocycles. The molecule has 5 heteroatoms. The standard InChI is InChI=1S/C14H21N5/c1-11-13(9-15-2)14(19(4)17-11)18(3)10-12-5-7-16-8-6-12/h5-8,15H,9-10H2,1-4H3. The second-order valence-electron chi connectivity index (χ2n) is 4.75. The lowest BCUT2D eigenvalue weighted by Gasteiger charge is -2.21. The second kappa shape index (κ2) is 5.84. The third kappa shape index (κ3) is 2.93. The molecule has 0 fully saturated rings. The summed E-state index contributed by atoms with van der Waals surface area (Å²) in [7, 11) is 6.04. The number of hydrogen-bond acceptors (Lipinski definition) is 4. The smallest absolute Gasteiger partial charge is 0.131 e. The van der Waals surface area contributed by atoms with Gasteiger partial charge in [-0.2, -0.15) is 5.10 Å². The maximum atomic E-state index is 4.51. The Balaban J connectivity index is 2.25. The van der Waals surface area contributed by atoms with Gasteiger partial charge in [0.15, 0.2) is 0 Å². The number of hydrogen-bond donors (Lipinski definition) is 1. The van der Waals surface area contributed by atoms with Gasteiger partial charge in [-0.05, 0) is 31.7 Å². The fourth-order valence-electron chi connectivity index (χ4n) is 2.39. The van der Waals surface area contributed by atoms with E-state index in [1.165, 1.54) is 11.1 Å².